The number of ether oxygens (including phenoxy) is 2. The molecule has 0 aromatic heterocycles. The van der Waals surface area contributed by atoms with Gasteiger partial charge in [0.2, 0.25) is 0 Å². The fraction of sp³-hybridized carbons (Fsp3) is 0.455. The van der Waals surface area contributed by atoms with Crippen LogP contribution in [-0.4, -0.2) is 18.3 Å². The molecule has 0 spiro atoms. The Morgan fingerprint density at radius 3 is 3.00 bits per heavy atom. The van der Waals surface area contributed by atoms with Crippen molar-refractivity contribution in [3.8, 4) is 17.2 Å². The van der Waals surface area contributed by atoms with E-state index in [-0.39, 0.29) is 0 Å². The molecule has 2 aliphatic heterocycles. The molecule has 1 aromatic carbocycles. The number of aromatic hydroxyl groups is 1. The van der Waals surface area contributed by atoms with Gasteiger partial charge in [0.25, 0.3) is 0 Å². The minimum absolute atomic E-state index is 0.301. The Hall–Kier alpha value is -1.38. The Kier molecular flexibility index (Phi) is 1.60. The summed E-state index contributed by atoms with van der Waals surface area (Å²) in [6, 6.07) is 2.01. The molecule has 0 amide bonds. The molecular weight excluding hydrogens is 180 g/mol. The number of phenolic OH excluding ortho intramolecular Hbond substituents is 1. The van der Waals surface area contributed by atoms with E-state index in [9.17, 15) is 5.11 Å². The van der Waals surface area contributed by atoms with Crippen LogP contribution in [-0.2, 0) is 12.8 Å². The summed E-state index contributed by atoms with van der Waals surface area (Å²) in [5.41, 5.74) is 1.99. The smallest absolute Gasteiger partial charge is 0.165 e. The van der Waals surface area contributed by atoms with E-state index in [1.807, 2.05) is 6.07 Å². The van der Waals surface area contributed by atoms with Gasteiger partial charge in [-0.1, -0.05) is 0 Å². The topological polar surface area (TPSA) is 38.7 Å². The van der Waals surface area contributed by atoms with Crippen LogP contribution in [0.3, 0.4) is 0 Å². The second kappa shape index (κ2) is 2.80. The van der Waals surface area contributed by atoms with Gasteiger partial charge in [-0.25, -0.2) is 0 Å². The van der Waals surface area contributed by atoms with Crippen molar-refractivity contribution in [2.24, 2.45) is 0 Å². The zero-order valence-corrected chi connectivity index (χ0v) is 7.88. The molecule has 3 nitrogen and oxygen atoms in total. The Bertz CT molecular complexity index is 385. The quantitative estimate of drug-likeness (QED) is 0.679. The van der Waals surface area contributed by atoms with Crippen LogP contribution < -0.4 is 9.47 Å². The first kappa shape index (κ1) is 7.97. The van der Waals surface area contributed by atoms with Gasteiger partial charge in [0.05, 0.1) is 13.2 Å². The van der Waals surface area contributed by atoms with Crippen molar-refractivity contribution in [3.63, 3.8) is 0 Å². The highest BCUT2D eigenvalue weighted by molar-refractivity contribution is 5.59. The van der Waals surface area contributed by atoms with Crippen LogP contribution in [0.1, 0.15) is 17.5 Å². The van der Waals surface area contributed by atoms with Crippen LogP contribution in [0.15, 0.2) is 6.07 Å². The number of aryl methyl sites for hydroxylation is 1. The van der Waals surface area contributed by atoms with Gasteiger partial charge in [-0.05, 0) is 18.9 Å². The second-order valence-electron chi connectivity index (χ2n) is 3.74. The van der Waals surface area contributed by atoms with Gasteiger partial charge in [-0.2, -0.15) is 0 Å². The van der Waals surface area contributed by atoms with Crippen molar-refractivity contribution < 1.29 is 14.6 Å². The molecule has 0 radical (unpaired) electrons. The van der Waals surface area contributed by atoms with E-state index in [4.69, 9.17) is 9.47 Å². The molecule has 74 valence electrons. The highest BCUT2D eigenvalue weighted by Crippen LogP contribution is 2.44. The van der Waals surface area contributed by atoms with Crippen LogP contribution in [0.5, 0.6) is 17.2 Å². The standard InChI is InChI=1S/C11H12O3/c12-10-8-3-5-13-9(8)6-7-2-1-4-14-11(7)10/h6,12H,1-5H2. The van der Waals surface area contributed by atoms with Crippen molar-refractivity contribution in [1.82, 2.24) is 0 Å². The van der Waals surface area contributed by atoms with Gasteiger partial charge in [0, 0.05) is 17.5 Å². The normalized spacial score (nSPS) is 18.0. The monoisotopic (exact) mass is 192 g/mol. The molecule has 14 heavy (non-hydrogen) atoms. The average Bonchev–Trinajstić information content (AvgIpc) is 2.66. The van der Waals surface area contributed by atoms with Crippen LogP contribution in [0.2, 0.25) is 0 Å². The van der Waals surface area contributed by atoms with Gasteiger partial charge >= 0.3 is 0 Å². The third-order valence-corrected chi connectivity index (χ3v) is 2.84. The van der Waals surface area contributed by atoms with E-state index in [0.29, 0.717) is 24.7 Å². The Balaban J connectivity index is 2.20. The van der Waals surface area contributed by atoms with Gasteiger partial charge in [0.1, 0.15) is 5.75 Å². The fourth-order valence-corrected chi connectivity index (χ4v) is 2.13. The number of hydrogen-bond donors (Lipinski definition) is 1. The summed E-state index contributed by atoms with van der Waals surface area (Å²) in [4.78, 5) is 0. The molecule has 0 saturated heterocycles. The van der Waals surface area contributed by atoms with E-state index in [1.165, 1.54) is 0 Å². The minimum atomic E-state index is 0.301. The Morgan fingerprint density at radius 2 is 2.07 bits per heavy atom. The lowest BCUT2D eigenvalue weighted by Crippen LogP contribution is -2.08. The molecule has 0 fully saturated rings. The maximum Gasteiger partial charge on any atom is 0.165 e. The molecule has 0 aliphatic carbocycles. The predicted octanol–water partition coefficient (Wildman–Crippen LogP) is 1.65. The number of rotatable bonds is 0. The van der Waals surface area contributed by atoms with Crippen molar-refractivity contribution in [1.29, 1.82) is 0 Å². The molecule has 1 N–H and O–H groups in total. The maximum absolute atomic E-state index is 9.95. The molecule has 0 atom stereocenters. The summed E-state index contributed by atoms with van der Waals surface area (Å²) in [6.45, 7) is 1.38. The van der Waals surface area contributed by atoms with Crippen LogP contribution in [0.4, 0.5) is 0 Å². The molecular formula is C11H12O3. The Labute approximate surface area is 82.3 Å². The SMILES string of the molecule is Oc1c2c(cc3c1OCCC3)OCC2. The lowest BCUT2D eigenvalue weighted by Gasteiger charge is -2.19. The fourth-order valence-electron chi connectivity index (χ4n) is 2.13. The first-order chi connectivity index (χ1) is 6.86. The van der Waals surface area contributed by atoms with Crippen molar-refractivity contribution in [2.75, 3.05) is 13.2 Å². The zero-order valence-electron chi connectivity index (χ0n) is 7.88. The van der Waals surface area contributed by atoms with E-state index < -0.39 is 0 Å². The molecule has 0 bridgehead atoms. The maximum atomic E-state index is 9.95. The van der Waals surface area contributed by atoms with Crippen molar-refractivity contribution in [2.45, 2.75) is 19.3 Å². The van der Waals surface area contributed by atoms with Gasteiger partial charge in [-0.15, -0.1) is 0 Å². The molecule has 2 heterocycles. The van der Waals surface area contributed by atoms with Crippen LogP contribution in [0, 0.1) is 0 Å². The number of phenols is 1. The van der Waals surface area contributed by atoms with Gasteiger partial charge in [-0.3, -0.25) is 0 Å². The van der Waals surface area contributed by atoms with Gasteiger partial charge in [0.15, 0.2) is 11.5 Å². The van der Waals surface area contributed by atoms with E-state index >= 15 is 0 Å². The third-order valence-electron chi connectivity index (χ3n) is 2.84. The second-order valence-corrected chi connectivity index (χ2v) is 3.74. The minimum Gasteiger partial charge on any atom is -0.504 e. The zero-order chi connectivity index (χ0) is 9.54. The molecule has 0 saturated carbocycles. The molecule has 3 rings (SSSR count). The highest BCUT2D eigenvalue weighted by atomic mass is 16.5. The summed E-state index contributed by atoms with van der Waals surface area (Å²) < 4.78 is 10.9. The number of benzene rings is 1. The molecule has 1 aromatic rings. The summed E-state index contributed by atoms with van der Waals surface area (Å²) in [5, 5.41) is 9.95. The summed E-state index contributed by atoms with van der Waals surface area (Å²) >= 11 is 0. The first-order valence-corrected chi connectivity index (χ1v) is 4.99. The number of fused-ring (bicyclic) bond motifs is 2. The van der Waals surface area contributed by atoms with E-state index in [0.717, 1.165) is 36.1 Å². The van der Waals surface area contributed by atoms with Crippen molar-refractivity contribution >= 4 is 0 Å². The predicted molar refractivity (Wildman–Crippen MR) is 51.1 cm³/mol. The van der Waals surface area contributed by atoms with Crippen LogP contribution >= 0.6 is 0 Å². The lowest BCUT2D eigenvalue weighted by atomic mass is 10.0. The summed E-state index contributed by atoms with van der Waals surface area (Å²) in [7, 11) is 0. The summed E-state index contributed by atoms with van der Waals surface area (Å²) in [6.07, 6.45) is 2.78. The number of hydrogen-bond acceptors (Lipinski definition) is 3. The molecule has 2 aliphatic rings. The summed E-state index contributed by atoms with van der Waals surface area (Å²) in [5.74, 6) is 1.82. The first-order valence-electron chi connectivity index (χ1n) is 4.99. The molecule has 0 unspecified atom stereocenters. The van der Waals surface area contributed by atoms with E-state index in [2.05, 4.69) is 0 Å². The Morgan fingerprint density at radius 1 is 1.14 bits per heavy atom. The van der Waals surface area contributed by atoms with Crippen molar-refractivity contribution in [3.05, 3.63) is 17.2 Å². The van der Waals surface area contributed by atoms with Gasteiger partial charge < -0.3 is 14.6 Å². The van der Waals surface area contributed by atoms with E-state index in [1.54, 1.807) is 0 Å². The lowest BCUT2D eigenvalue weighted by molar-refractivity contribution is 0.271. The van der Waals surface area contributed by atoms with Crippen LogP contribution in [0.25, 0.3) is 0 Å². The third kappa shape index (κ3) is 0.983. The largest absolute Gasteiger partial charge is 0.504 e. The highest BCUT2D eigenvalue weighted by Gasteiger charge is 2.24. The molecule has 3 heteroatoms. The average molecular weight is 192 g/mol.